The number of benzene rings is 1. The van der Waals surface area contributed by atoms with Crippen LogP contribution in [-0.2, 0) is 4.79 Å². The van der Waals surface area contributed by atoms with Gasteiger partial charge in [-0.3, -0.25) is 9.59 Å². The van der Waals surface area contributed by atoms with E-state index >= 15 is 0 Å². The molecule has 2 amide bonds. The van der Waals surface area contributed by atoms with Crippen LogP contribution in [0.4, 0.5) is 0 Å². The molecule has 0 bridgehead atoms. The van der Waals surface area contributed by atoms with Crippen molar-refractivity contribution in [1.82, 2.24) is 10.3 Å². The average Bonchev–Trinajstić information content (AvgIpc) is 3.18. The van der Waals surface area contributed by atoms with Crippen LogP contribution in [0.2, 0.25) is 10.0 Å². The number of carbonyl (C=O) groups is 2. The number of rotatable bonds is 5. The van der Waals surface area contributed by atoms with Crippen molar-refractivity contribution in [2.24, 2.45) is 11.7 Å². The molecule has 7 heteroatoms. The van der Waals surface area contributed by atoms with Crippen molar-refractivity contribution < 1.29 is 9.59 Å². The highest BCUT2D eigenvalue weighted by Gasteiger charge is 2.29. The largest absolute Gasteiger partial charge is 0.368 e. The Kier molecular flexibility index (Phi) is 4.02. The molecule has 22 heavy (non-hydrogen) atoms. The maximum atomic E-state index is 12.3. The quantitative estimate of drug-likeness (QED) is 0.781. The molecule has 116 valence electrons. The van der Waals surface area contributed by atoms with Crippen LogP contribution in [0.1, 0.15) is 29.8 Å². The van der Waals surface area contributed by atoms with Gasteiger partial charge in [0.05, 0.1) is 15.6 Å². The van der Waals surface area contributed by atoms with E-state index in [1.807, 2.05) is 0 Å². The number of aromatic nitrogens is 1. The number of nitrogens with two attached hydrogens (primary N) is 1. The highest BCUT2D eigenvalue weighted by Crippen LogP contribution is 2.34. The number of aromatic amines is 1. The van der Waals surface area contributed by atoms with Crippen LogP contribution in [0.15, 0.2) is 18.2 Å². The Hall–Kier alpha value is -1.72. The molecule has 0 aliphatic heterocycles. The maximum absolute atomic E-state index is 12.3. The minimum Gasteiger partial charge on any atom is -0.368 e. The number of nitrogens with one attached hydrogen (secondary N) is 2. The molecule has 1 aliphatic rings. The predicted octanol–water partition coefficient (Wildman–Crippen LogP) is 2.86. The van der Waals surface area contributed by atoms with Crippen molar-refractivity contribution in [1.29, 1.82) is 0 Å². The molecule has 1 aliphatic carbocycles. The van der Waals surface area contributed by atoms with Crippen molar-refractivity contribution in [3.8, 4) is 0 Å². The summed E-state index contributed by atoms with van der Waals surface area (Å²) in [5.74, 6) is -0.418. The normalized spacial score (nSPS) is 15.7. The summed E-state index contributed by atoms with van der Waals surface area (Å²) >= 11 is 12.1. The highest BCUT2D eigenvalue weighted by atomic mass is 35.5. The van der Waals surface area contributed by atoms with Gasteiger partial charge >= 0.3 is 0 Å². The topological polar surface area (TPSA) is 88.0 Å². The van der Waals surface area contributed by atoms with Gasteiger partial charge in [-0.05, 0) is 24.5 Å². The van der Waals surface area contributed by atoms with Crippen LogP contribution in [0.3, 0.4) is 0 Å². The van der Waals surface area contributed by atoms with Gasteiger partial charge in [-0.15, -0.1) is 0 Å². The fourth-order valence-electron chi connectivity index (χ4n) is 2.43. The van der Waals surface area contributed by atoms with Gasteiger partial charge in [0.15, 0.2) is 0 Å². The molecule has 4 N–H and O–H groups in total. The Bertz CT molecular complexity index is 753. The molecular weight excluding hydrogens is 325 g/mol. The first-order valence-electron chi connectivity index (χ1n) is 7.02. The Morgan fingerprint density at radius 1 is 1.36 bits per heavy atom. The van der Waals surface area contributed by atoms with E-state index in [9.17, 15) is 9.59 Å². The molecule has 0 unspecified atom stereocenters. The van der Waals surface area contributed by atoms with Gasteiger partial charge in [0, 0.05) is 5.39 Å². The minimum atomic E-state index is -0.648. The Morgan fingerprint density at radius 2 is 2.09 bits per heavy atom. The second kappa shape index (κ2) is 5.82. The van der Waals surface area contributed by atoms with Crippen molar-refractivity contribution in [2.75, 3.05) is 0 Å². The molecule has 0 spiro atoms. The number of amides is 2. The Labute approximate surface area is 137 Å². The fourth-order valence-corrected chi connectivity index (χ4v) is 2.81. The predicted molar refractivity (Wildman–Crippen MR) is 86.1 cm³/mol. The van der Waals surface area contributed by atoms with E-state index in [0.717, 1.165) is 18.2 Å². The minimum absolute atomic E-state index is 0.321. The molecule has 1 fully saturated rings. The summed E-state index contributed by atoms with van der Waals surface area (Å²) < 4.78 is 0. The molecule has 1 heterocycles. The van der Waals surface area contributed by atoms with E-state index in [0.29, 0.717) is 33.6 Å². The van der Waals surface area contributed by atoms with Crippen LogP contribution in [0.5, 0.6) is 0 Å². The van der Waals surface area contributed by atoms with Crippen LogP contribution >= 0.6 is 23.2 Å². The zero-order valence-corrected chi connectivity index (χ0v) is 13.2. The third-order valence-corrected chi connectivity index (χ3v) is 4.65. The molecule has 1 aromatic heterocycles. The Balaban J connectivity index is 1.81. The molecule has 3 rings (SSSR count). The lowest BCUT2D eigenvalue weighted by Gasteiger charge is -2.14. The van der Waals surface area contributed by atoms with E-state index in [4.69, 9.17) is 28.9 Å². The van der Waals surface area contributed by atoms with E-state index in [-0.39, 0.29) is 5.91 Å². The fraction of sp³-hybridized carbons (Fsp3) is 0.333. The Morgan fingerprint density at radius 3 is 2.73 bits per heavy atom. The molecular formula is C15H15Cl2N3O2. The monoisotopic (exact) mass is 339 g/mol. The zero-order valence-electron chi connectivity index (χ0n) is 11.7. The van der Waals surface area contributed by atoms with Crippen molar-refractivity contribution in [3.63, 3.8) is 0 Å². The van der Waals surface area contributed by atoms with E-state index < -0.39 is 11.9 Å². The zero-order chi connectivity index (χ0) is 15.9. The van der Waals surface area contributed by atoms with E-state index in [2.05, 4.69) is 10.3 Å². The summed E-state index contributed by atoms with van der Waals surface area (Å²) in [5.41, 5.74) is 6.27. The average molecular weight is 340 g/mol. The summed E-state index contributed by atoms with van der Waals surface area (Å²) in [7, 11) is 0. The van der Waals surface area contributed by atoms with Crippen LogP contribution < -0.4 is 11.1 Å². The first-order chi connectivity index (χ1) is 10.5. The van der Waals surface area contributed by atoms with Crippen LogP contribution in [0, 0.1) is 5.92 Å². The molecule has 2 aromatic rings. The number of halogens is 2. The summed E-state index contributed by atoms with van der Waals surface area (Å²) in [5, 5.41) is 4.23. The molecule has 0 saturated heterocycles. The highest BCUT2D eigenvalue weighted by molar-refractivity contribution is 6.45. The van der Waals surface area contributed by atoms with Gasteiger partial charge in [0.25, 0.3) is 5.91 Å². The number of primary amides is 1. The molecule has 1 atom stereocenters. The van der Waals surface area contributed by atoms with Gasteiger partial charge in [0.2, 0.25) is 5.91 Å². The van der Waals surface area contributed by atoms with Gasteiger partial charge in [-0.1, -0.05) is 42.1 Å². The van der Waals surface area contributed by atoms with Crippen molar-refractivity contribution >= 4 is 45.9 Å². The molecule has 5 nitrogen and oxygen atoms in total. The van der Waals surface area contributed by atoms with Crippen LogP contribution in [0.25, 0.3) is 10.9 Å². The lowest BCUT2D eigenvalue weighted by molar-refractivity contribution is -0.120. The van der Waals surface area contributed by atoms with Gasteiger partial charge in [-0.2, -0.15) is 0 Å². The summed E-state index contributed by atoms with van der Waals surface area (Å²) in [6.45, 7) is 0. The first kappa shape index (κ1) is 15.2. The number of hydrogen-bond donors (Lipinski definition) is 3. The molecule has 0 radical (unpaired) electrons. The van der Waals surface area contributed by atoms with E-state index in [1.54, 1.807) is 18.2 Å². The standard InChI is InChI=1S/C15H15Cl2N3O2/c16-9-4-3-8-6-11(19-13(8)12(9)17)15(22)20-10(14(18)21)5-7-1-2-7/h3-4,6-7,10,19H,1-2,5H2,(H2,18,21)(H,20,22)/t10-/m0/s1. The summed E-state index contributed by atoms with van der Waals surface area (Å²) in [4.78, 5) is 26.7. The first-order valence-corrected chi connectivity index (χ1v) is 7.78. The number of hydrogen-bond acceptors (Lipinski definition) is 2. The lowest BCUT2D eigenvalue weighted by Crippen LogP contribution is -2.44. The third kappa shape index (κ3) is 3.05. The lowest BCUT2D eigenvalue weighted by atomic mass is 10.1. The number of H-pyrrole nitrogens is 1. The van der Waals surface area contributed by atoms with Crippen molar-refractivity contribution in [3.05, 3.63) is 33.9 Å². The third-order valence-electron chi connectivity index (χ3n) is 3.85. The van der Waals surface area contributed by atoms with E-state index in [1.165, 1.54) is 0 Å². The van der Waals surface area contributed by atoms with Gasteiger partial charge in [0.1, 0.15) is 11.7 Å². The van der Waals surface area contributed by atoms with Gasteiger partial charge < -0.3 is 16.0 Å². The second-order valence-electron chi connectivity index (χ2n) is 5.62. The van der Waals surface area contributed by atoms with Crippen LogP contribution in [-0.4, -0.2) is 22.8 Å². The summed E-state index contributed by atoms with van der Waals surface area (Å²) in [6.07, 6.45) is 2.76. The SMILES string of the molecule is NC(=O)[C@H](CC1CC1)NC(=O)c1cc2ccc(Cl)c(Cl)c2[nH]1. The van der Waals surface area contributed by atoms with Gasteiger partial charge in [-0.25, -0.2) is 0 Å². The smallest absolute Gasteiger partial charge is 0.268 e. The summed E-state index contributed by atoms with van der Waals surface area (Å²) in [6, 6.07) is 4.46. The van der Waals surface area contributed by atoms with Crippen molar-refractivity contribution in [2.45, 2.75) is 25.3 Å². The second-order valence-corrected chi connectivity index (χ2v) is 6.40. The number of carbonyl (C=O) groups excluding carboxylic acids is 2. The molecule has 1 saturated carbocycles. The number of fused-ring (bicyclic) bond motifs is 1. The maximum Gasteiger partial charge on any atom is 0.268 e. The molecule has 1 aromatic carbocycles.